The second-order valence-electron chi connectivity index (χ2n) is 8.02. The van der Waals surface area contributed by atoms with Gasteiger partial charge in [-0.2, -0.15) is 0 Å². The number of rotatable bonds is 20. The van der Waals surface area contributed by atoms with Gasteiger partial charge in [-0.05, 0) is 12.8 Å². The van der Waals surface area contributed by atoms with Crippen molar-refractivity contribution in [2.24, 2.45) is 0 Å². The smallest absolute Gasteiger partial charge is 0.0799 e. The fraction of sp³-hybridized carbons (Fsp3) is 1.00. The molecule has 2 heteroatoms. The third-order valence-corrected chi connectivity index (χ3v) is 5.40. The molecular weight excluding hydrogens is 308 g/mol. The topological polar surface area (TPSA) is 40.5 Å². The van der Waals surface area contributed by atoms with Crippen molar-refractivity contribution in [2.75, 3.05) is 0 Å². The first-order valence-electron chi connectivity index (χ1n) is 11.6. The minimum absolute atomic E-state index is 0.505. The van der Waals surface area contributed by atoms with Gasteiger partial charge in [0, 0.05) is 0 Å². The molecule has 2 unspecified atom stereocenters. The summed E-state index contributed by atoms with van der Waals surface area (Å²) in [7, 11) is 0. The molecule has 25 heavy (non-hydrogen) atoms. The number of hydrogen-bond acceptors (Lipinski definition) is 2. The van der Waals surface area contributed by atoms with Gasteiger partial charge in [0.25, 0.3) is 0 Å². The zero-order chi connectivity index (χ0) is 18.6. The normalized spacial score (nSPS) is 13.9. The standard InChI is InChI=1S/C23H48O2/c1-3-5-7-9-10-11-12-13-14-15-16-17-19-21-23(25)22(24)20-18-8-6-4-2/h22-25H,3-21H2,1-2H3. The first kappa shape index (κ1) is 24.9. The molecule has 0 radical (unpaired) electrons. The van der Waals surface area contributed by atoms with E-state index in [1.54, 1.807) is 0 Å². The lowest BCUT2D eigenvalue weighted by molar-refractivity contribution is 0.00713. The van der Waals surface area contributed by atoms with E-state index in [1.807, 2.05) is 0 Å². The Hall–Kier alpha value is -0.0800. The average Bonchev–Trinajstić information content (AvgIpc) is 2.62. The molecule has 0 saturated carbocycles. The van der Waals surface area contributed by atoms with Crippen molar-refractivity contribution >= 4 is 0 Å². The van der Waals surface area contributed by atoms with E-state index in [0.717, 1.165) is 25.7 Å². The third-order valence-electron chi connectivity index (χ3n) is 5.40. The van der Waals surface area contributed by atoms with E-state index >= 15 is 0 Å². The van der Waals surface area contributed by atoms with Crippen molar-refractivity contribution < 1.29 is 10.2 Å². The Morgan fingerprint density at radius 1 is 0.400 bits per heavy atom. The predicted octanol–water partition coefficient (Wildman–Crippen LogP) is 7.16. The summed E-state index contributed by atoms with van der Waals surface area (Å²) in [6.07, 6.45) is 22.7. The van der Waals surface area contributed by atoms with Gasteiger partial charge in [-0.3, -0.25) is 0 Å². The molecule has 0 spiro atoms. The van der Waals surface area contributed by atoms with E-state index in [-0.39, 0.29) is 0 Å². The first-order valence-corrected chi connectivity index (χ1v) is 11.6. The van der Waals surface area contributed by atoms with Crippen LogP contribution in [0.2, 0.25) is 0 Å². The largest absolute Gasteiger partial charge is 0.390 e. The summed E-state index contributed by atoms with van der Waals surface area (Å²) in [5.74, 6) is 0. The molecule has 2 atom stereocenters. The molecule has 0 bridgehead atoms. The molecule has 0 rings (SSSR count). The minimum Gasteiger partial charge on any atom is -0.390 e. The van der Waals surface area contributed by atoms with Crippen LogP contribution in [0, 0.1) is 0 Å². The molecule has 0 fully saturated rings. The van der Waals surface area contributed by atoms with Crippen molar-refractivity contribution in [3.05, 3.63) is 0 Å². The van der Waals surface area contributed by atoms with Crippen LogP contribution < -0.4 is 0 Å². The Balaban J connectivity index is 3.23. The van der Waals surface area contributed by atoms with E-state index in [4.69, 9.17) is 0 Å². The zero-order valence-corrected chi connectivity index (χ0v) is 17.5. The van der Waals surface area contributed by atoms with E-state index in [9.17, 15) is 10.2 Å². The number of unbranched alkanes of at least 4 members (excludes halogenated alkanes) is 15. The van der Waals surface area contributed by atoms with Crippen LogP contribution in [0.25, 0.3) is 0 Å². The van der Waals surface area contributed by atoms with Gasteiger partial charge in [-0.15, -0.1) is 0 Å². The lowest BCUT2D eigenvalue weighted by Crippen LogP contribution is -2.25. The molecule has 0 amide bonds. The molecular formula is C23H48O2. The van der Waals surface area contributed by atoms with Gasteiger partial charge in [0.1, 0.15) is 0 Å². The Kier molecular flexibility index (Phi) is 20.2. The van der Waals surface area contributed by atoms with Crippen LogP contribution in [-0.2, 0) is 0 Å². The minimum atomic E-state index is -0.505. The highest BCUT2D eigenvalue weighted by molar-refractivity contribution is 4.67. The van der Waals surface area contributed by atoms with Crippen LogP contribution in [-0.4, -0.2) is 22.4 Å². The second kappa shape index (κ2) is 20.2. The molecule has 2 nitrogen and oxygen atoms in total. The Bertz CT molecular complexity index is 242. The molecule has 2 N–H and O–H groups in total. The number of aliphatic hydroxyl groups is 2. The summed E-state index contributed by atoms with van der Waals surface area (Å²) >= 11 is 0. The van der Waals surface area contributed by atoms with Crippen LogP contribution in [0.5, 0.6) is 0 Å². The predicted molar refractivity (Wildman–Crippen MR) is 111 cm³/mol. The molecule has 0 aromatic heterocycles. The highest BCUT2D eigenvalue weighted by Gasteiger charge is 2.14. The van der Waals surface area contributed by atoms with Gasteiger partial charge in [0.05, 0.1) is 12.2 Å². The molecule has 0 aliphatic rings. The van der Waals surface area contributed by atoms with Gasteiger partial charge in [0.2, 0.25) is 0 Å². The fourth-order valence-electron chi connectivity index (χ4n) is 3.54. The number of aliphatic hydroxyl groups excluding tert-OH is 2. The molecule has 0 aliphatic heterocycles. The summed E-state index contributed by atoms with van der Waals surface area (Å²) in [6, 6.07) is 0. The Morgan fingerprint density at radius 3 is 0.960 bits per heavy atom. The summed E-state index contributed by atoms with van der Waals surface area (Å²) < 4.78 is 0. The Labute approximate surface area is 158 Å². The van der Waals surface area contributed by atoms with Crippen molar-refractivity contribution in [2.45, 2.75) is 148 Å². The van der Waals surface area contributed by atoms with Crippen LogP contribution >= 0.6 is 0 Å². The fourth-order valence-corrected chi connectivity index (χ4v) is 3.54. The highest BCUT2D eigenvalue weighted by atomic mass is 16.3. The van der Waals surface area contributed by atoms with Gasteiger partial charge in [0.15, 0.2) is 0 Å². The van der Waals surface area contributed by atoms with Crippen LogP contribution in [0.3, 0.4) is 0 Å². The second-order valence-corrected chi connectivity index (χ2v) is 8.02. The quantitative estimate of drug-likeness (QED) is 0.227. The summed E-state index contributed by atoms with van der Waals surface area (Å²) in [5.41, 5.74) is 0. The molecule has 0 aliphatic carbocycles. The van der Waals surface area contributed by atoms with Gasteiger partial charge in [-0.1, -0.05) is 123 Å². The van der Waals surface area contributed by atoms with Crippen LogP contribution in [0.15, 0.2) is 0 Å². The summed E-state index contributed by atoms with van der Waals surface area (Å²) in [4.78, 5) is 0. The van der Waals surface area contributed by atoms with Gasteiger partial charge >= 0.3 is 0 Å². The van der Waals surface area contributed by atoms with E-state index in [1.165, 1.54) is 96.3 Å². The van der Waals surface area contributed by atoms with Crippen LogP contribution in [0.1, 0.15) is 136 Å². The first-order chi connectivity index (χ1) is 12.2. The highest BCUT2D eigenvalue weighted by Crippen LogP contribution is 2.15. The summed E-state index contributed by atoms with van der Waals surface area (Å²) in [5, 5.41) is 20.0. The molecule has 152 valence electrons. The van der Waals surface area contributed by atoms with Crippen LogP contribution in [0.4, 0.5) is 0 Å². The SMILES string of the molecule is CCCCCCCCCCCCCCCC(O)C(O)CCCCCC. The zero-order valence-electron chi connectivity index (χ0n) is 17.5. The van der Waals surface area contributed by atoms with E-state index < -0.39 is 12.2 Å². The average molecular weight is 357 g/mol. The van der Waals surface area contributed by atoms with E-state index in [2.05, 4.69) is 13.8 Å². The van der Waals surface area contributed by atoms with Crippen molar-refractivity contribution in [3.63, 3.8) is 0 Å². The molecule has 0 aromatic carbocycles. The maximum absolute atomic E-state index is 10.0. The van der Waals surface area contributed by atoms with Gasteiger partial charge < -0.3 is 10.2 Å². The third kappa shape index (κ3) is 18.5. The monoisotopic (exact) mass is 356 g/mol. The number of hydrogen-bond donors (Lipinski definition) is 2. The maximum Gasteiger partial charge on any atom is 0.0799 e. The molecule has 0 heterocycles. The van der Waals surface area contributed by atoms with Crippen molar-refractivity contribution in [1.82, 2.24) is 0 Å². The van der Waals surface area contributed by atoms with E-state index in [0.29, 0.717) is 0 Å². The summed E-state index contributed by atoms with van der Waals surface area (Å²) in [6.45, 7) is 4.47. The molecule has 0 saturated heterocycles. The Morgan fingerprint density at radius 2 is 0.640 bits per heavy atom. The lowest BCUT2D eigenvalue weighted by Gasteiger charge is -2.17. The van der Waals surface area contributed by atoms with Crippen molar-refractivity contribution in [1.29, 1.82) is 0 Å². The lowest BCUT2D eigenvalue weighted by atomic mass is 9.99. The maximum atomic E-state index is 10.0. The van der Waals surface area contributed by atoms with Gasteiger partial charge in [-0.25, -0.2) is 0 Å². The van der Waals surface area contributed by atoms with Crippen molar-refractivity contribution in [3.8, 4) is 0 Å². The molecule has 0 aromatic rings.